The van der Waals surface area contributed by atoms with Crippen LogP contribution in [-0.4, -0.2) is 9.78 Å². The van der Waals surface area contributed by atoms with Gasteiger partial charge in [0.2, 0.25) is 0 Å². The number of fused-ring (bicyclic) bond motifs is 1. The molecule has 1 aliphatic carbocycles. The van der Waals surface area contributed by atoms with Crippen molar-refractivity contribution in [3.05, 3.63) is 41.6 Å². The van der Waals surface area contributed by atoms with E-state index >= 15 is 0 Å². The third kappa shape index (κ3) is 1.28. The highest BCUT2D eigenvalue weighted by atomic mass is 15.3. The van der Waals surface area contributed by atoms with E-state index in [0.29, 0.717) is 0 Å². The van der Waals surface area contributed by atoms with Gasteiger partial charge in [0.05, 0.1) is 5.69 Å². The molecule has 1 unspecified atom stereocenters. The third-order valence-electron chi connectivity index (χ3n) is 3.41. The molecule has 3 heteroatoms. The summed E-state index contributed by atoms with van der Waals surface area (Å²) >= 11 is 0. The van der Waals surface area contributed by atoms with Gasteiger partial charge in [-0.3, -0.25) is 4.68 Å². The van der Waals surface area contributed by atoms with Crippen LogP contribution in [0.5, 0.6) is 0 Å². The first kappa shape index (κ1) is 9.60. The van der Waals surface area contributed by atoms with Crippen molar-refractivity contribution in [3.8, 4) is 11.3 Å². The highest BCUT2D eigenvalue weighted by Crippen LogP contribution is 2.36. The highest BCUT2D eigenvalue weighted by molar-refractivity contribution is 5.67. The zero-order chi connectivity index (χ0) is 11.1. The van der Waals surface area contributed by atoms with E-state index < -0.39 is 0 Å². The Kier molecular flexibility index (Phi) is 2.07. The molecule has 1 atom stereocenters. The number of aromatic nitrogens is 2. The molecular weight excluding hydrogens is 198 g/mol. The van der Waals surface area contributed by atoms with Crippen molar-refractivity contribution in [1.82, 2.24) is 9.78 Å². The summed E-state index contributed by atoms with van der Waals surface area (Å²) in [5, 5.41) is 4.22. The summed E-state index contributed by atoms with van der Waals surface area (Å²) in [6.07, 6.45) is 3.98. The van der Waals surface area contributed by atoms with Crippen molar-refractivity contribution < 1.29 is 0 Å². The van der Waals surface area contributed by atoms with Crippen molar-refractivity contribution in [2.24, 2.45) is 12.8 Å². The van der Waals surface area contributed by atoms with E-state index in [0.717, 1.165) is 12.8 Å². The lowest BCUT2D eigenvalue weighted by Crippen LogP contribution is -2.05. The van der Waals surface area contributed by atoms with Gasteiger partial charge in [-0.1, -0.05) is 18.2 Å². The van der Waals surface area contributed by atoms with E-state index in [1.54, 1.807) is 0 Å². The second-order valence-corrected chi connectivity index (χ2v) is 4.36. The van der Waals surface area contributed by atoms with Crippen LogP contribution in [0, 0.1) is 0 Å². The van der Waals surface area contributed by atoms with Crippen molar-refractivity contribution in [2.45, 2.75) is 18.9 Å². The summed E-state index contributed by atoms with van der Waals surface area (Å²) in [7, 11) is 1.98. The molecule has 2 N–H and O–H groups in total. The monoisotopic (exact) mass is 213 g/mol. The van der Waals surface area contributed by atoms with Gasteiger partial charge in [-0.05, 0) is 30.0 Å². The van der Waals surface area contributed by atoms with Gasteiger partial charge < -0.3 is 5.73 Å². The Morgan fingerprint density at radius 3 is 3.00 bits per heavy atom. The van der Waals surface area contributed by atoms with Crippen molar-refractivity contribution in [3.63, 3.8) is 0 Å². The van der Waals surface area contributed by atoms with Gasteiger partial charge in [0.15, 0.2) is 0 Å². The number of rotatable bonds is 1. The number of hydrogen-bond donors (Lipinski definition) is 1. The Balaban J connectivity index is 2.20. The average molecular weight is 213 g/mol. The van der Waals surface area contributed by atoms with Crippen LogP contribution in [0.1, 0.15) is 23.6 Å². The lowest BCUT2D eigenvalue weighted by molar-refractivity contribution is 0.713. The van der Waals surface area contributed by atoms with Gasteiger partial charge in [-0.15, -0.1) is 0 Å². The van der Waals surface area contributed by atoms with Crippen LogP contribution in [0.2, 0.25) is 0 Å². The van der Waals surface area contributed by atoms with Gasteiger partial charge in [-0.25, -0.2) is 0 Å². The smallest absolute Gasteiger partial charge is 0.0681 e. The largest absolute Gasteiger partial charge is 0.324 e. The highest BCUT2D eigenvalue weighted by Gasteiger charge is 2.22. The van der Waals surface area contributed by atoms with Crippen molar-refractivity contribution >= 4 is 0 Å². The molecule has 2 aromatic rings. The fourth-order valence-corrected chi connectivity index (χ4v) is 2.56. The standard InChI is InChI=1S/C13H15N3/c1-16-13(7-8-15-16)11-4-2-3-10-9(11)5-6-12(10)14/h2-4,7-8,12H,5-6,14H2,1H3. The molecular formula is C13H15N3. The molecule has 1 aromatic carbocycles. The summed E-state index contributed by atoms with van der Waals surface area (Å²) in [6.45, 7) is 0. The summed E-state index contributed by atoms with van der Waals surface area (Å²) in [5.74, 6) is 0. The molecule has 0 spiro atoms. The van der Waals surface area contributed by atoms with Crippen LogP contribution >= 0.6 is 0 Å². The summed E-state index contributed by atoms with van der Waals surface area (Å²) in [4.78, 5) is 0. The van der Waals surface area contributed by atoms with E-state index in [1.807, 2.05) is 17.9 Å². The molecule has 1 aliphatic rings. The number of benzene rings is 1. The van der Waals surface area contributed by atoms with E-state index in [2.05, 4.69) is 29.4 Å². The molecule has 1 heterocycles. The Morgan fingerprint density at radius 2 is 2.25 bits per heavy atom. The molecule has 16 heavy (non-hydrogen) atoms. The molecule has 0 fully saturated rings. The average Bonchev–Trinajstić information content (AvgIpc) is 2.86. The molecule has 0 saturated carbocycles. The molecule has 82 valence electrons. The minimum absolute atomic E-state index is 0.211. The maximum absolute atomic E-state index is 6.08. The number of hydrogen-bond acceptors (Lipinski definition) is 2. The van der Waals surface area contributed by atoms with Gasteiger partial charge in [0.1, 0.15) is 0 Å². The second kappa shape index (κ2) is 3.46. The van der Waals surface area contributed by atoms with E-state index in [1.165, 1.54) is 22.4 Å². The quantitative estimate of drug-likeness (QED) is 0.787. The minimum Gasteiger partial charge on any atom is -0.324 e. The van der Waals surface area contributed by atoms with Crippen molar-refractivity contribution in [1.29, 1.82) is 0 Å². The predicted molar refractivity (Wildman–Crippen MR) is 63.9 cm³/mol. The molecule has 1 aromatic heterocycles. The SMILES string of the molecule is Cn1nccc1-c1cccc2c1CCC2N. The topological polar surface area (TPSA) is 43.8 Å². The van der Waals surface area contributed by atoms with Crippen LogP contribution in [0.15, 0.2) is 30.5 Å². The number of aryl methyl sites for hydroxylation is 1. The van der Waals surface area contributed by atoms with Gasteiger partial charge in [0.25, 0.3) is 0 Å². The Labute approximate surface area is 94.9 Å². The third-order valence-corrected chi connectivity index (χ3v) is 3.41. The van der Waals surface area contributed by atoms with Crippen LogP contribution < -0.4 is 5.73 Å². The maximum atomic E-state index is 6.08. The first-order chi connectivity index (χ1) is 7.77. The summed E-state index contributed by atoms with van der Waals surface area (Å²) in [5.41, 5.74) is 11.2. The lowest BCUT2D eigenvalue weighted by Gasteiger charge is -2.09. The molecule has 0 saturated heterocycles. The second-order valence-electron chi connectivity index (χ2n) is 4.36. The Morgan fingerprint density at radius 1 is 1.38 bits per heavy atom. The fourth-order valence-electron chi connectivity index (χ4n) is 2.56. The first-order valence-electron chi connectivity index (χ1n) is 5.63. The van der Waals surface area contributed by atoms with E-state index in [4.69, 9.17) is 5.73 Å². The Hall–Kier alpha value is -1.61. The molecule has 0 radical (unpaired) electrons. The van der Waals surface area contributed by atoms with E-state index in [9.17, 15) is 0 Å². The summed E-state index contributed by atoms with van der Waals surface area (Å²) in [6, 6.07) is 8.66. The molecule has 0 bridgehead atoms. The van der Waals surface area contributed by atoms with Gasteiger partial charge in [0, 0.05) is 24.8 Å². The predicted octanol–water partition coefficient (Wildman–Crippen LogP) is 2.03. The van der Waals surface area contributed by atoms with Crippen LogP contribution in [0.3, 0.4) is 0 Å². The zero-order valence-electron chi connectivity index (χ0n) is 9.35. The van der Waals surface area contributed by atoms with Crippen LogP contribution in [0.4, 0.5) is 0 Å². The summed E-state index contributed by atoms with van der Waals surface area (Å²) < 4.78 is 1.92. The van der Waals surface area contributed by atoms with Crippen LogP contribution in [0.25, 0.3) is 11.3 Å². The number of nitrogens with two attached hydrogens (primary N) is 1. The molecule has 3 nitrogen and oxygen atoms in total. The first-order valence-corrected chi connectivity index (χ1v) is 5.63. The lowest BCUT2D eigenvalue weighted by atomic mass is 10.00. The molecule has 0 aliphatic heterocycles. The van der Waals surface area contributed by atoms with Gasteiger partial charge in [-0.2, -0.15) is 5.10 Å². The van der Waals surface area contributed by atoms with Gasteiger partial charge >= 0.3 is 0 Å². The molecule has 0 amide bonds. The minimum atomic E-state index is 0.211. The maximum Gasteiger partial charge on any atom is 0.0681 e. The molecule has 3 rings (SSSR count). The van der Waals surface area contributed by atoms with Crippen LogP contribution in [-0.2, 0) is 13.5 Å². The van der Waals surface area contributed by atoms with E-state index in [-0.39, 0.29) is 6.04 Å². The zero-order valence-corrected chi connectivity index (χ0v) is 9.35. The number of nitrogens with zero attached hydrogens (tertiary/aromatic N) is 2. The Bertz CT molecular complexity index is 528. The van der Waals surface area contributed by atoms with Crippen molar-refractivity contribution in [2.75, 3.05) is 0 Å². The normalized spacial score (nSPS) is 18.8. The fraction of sp³-hybridized carbons (Fsp3) is 0.308.